The molecule has 0 unspecified atom stereocenters. The van der Waals surface area contributed by atoms with E-state index in [9.17, 15) is 4.79 Å². The smallest absolute Gasteiger partial charge is 0.321 e. The van der Waals surface area contributed by atoms with Crippen molar-refractivity contribution in [1.29, 1.82) is 0 Å². The summed E-state index contributed by atoms with van der Waals surface area (Å²) in [6, 6.07) is 9.51. The van der Waals surface area contributed by atoms with E-state index in [4.69, 9.17) is 0 Å². The topological polar surface area (TPSA) is 50.2 Å². The van der Waals surface area contributed by atoms with Crippen molar-refractivity contribution in [2.45, 2.75) is 0 Å². The number of carbonyl (C=O) groups excluding carboxylic acids is 1. The Hall–Kier alpha value is -1.95. The molecule has 0 atom stereocenters. The highest BCUT2D eigenvalue weighted by atomic mass is 32.2. The molecular weight excluding hydrogens is 272 g/mol. The molecule has 0 saturated carbocycles. The van der Waals surface area contributed by atoms with Gasteiger partial charge < -0.3 is 10.2 Å². The minimum atomic E-state index is -0.0371. The van der Waals surface area contributed by atoms with Crippen LogP contribution in [0.15, 0.2) is 42.7 Å². The molecule has 2 amide bonds. The van der Waals surface area contributed by atoms with Crippen LogP contribution in [-0.4, -0.2) is 45.3 Å². The standard InChI is InChI=1S/C14H16N4OS/c19-14(17-8-10-20-11-9-17)16-12-4-1-2-5-13(12)18-7-3-6-15-18/h1-7H,8-11H2,(H,16,19). The fourth-order valence-electron chi connectivity index (χ4n) is 2.15. The van der Waals surface area contributed by atoms with Gasteiger partial charge in [0.2, 0.25) is 0 Å². The van der Waals surface area contributed by atoms with Gasteiger partial charge in [-0.3, -0.25) is 0 Å². The van der Waals surface area contributed by atoms with Crippen molar-refractivity contribution in [1.82, 2.24) is 14.7 Å². The molecule has 2 aromatic rings. The molecule has 1 aromatic carbocycles. The number of thioether (sulfide) groups is 1. The third-order valence-corrected chi connectivity index (χ3v) is 4.14. The Labute approximate surface area is 122 Å². The number of carbonyl (C=O) groups is 1. The second-order valence-corrected chi connectivity index (χ2v) is 5.72. The van der Waals surface area contributed by atoms with Crippen LogP contribution in [0.25, 0.3) is 5.69 Å². The number of hydrogen-bond acceptors (Lipinski definition) is 3. The lowest BCUT2D eigenvalue weighted by atomic mass is 10.2. The lowest BCUT2D eigenvalue weighted by Crippen LogP contribution is -2.40. The maximum Gasteiger partial charge on any atom is 0.321 e. The molecule has 104 valence electrons. The molecule has 1 fully saturated rings. The minimum absolute atomic E-state index is 0.0371. The summed E-state index contributed by atoms with van der Waals surface area (Å²) in [6.45, 7) is 1.61. The third-order valence-electron chi connectivity index (χ3n) is 3.20. The van der Waals surface area contributed by atoms with E-state index < -0.39 is 0 Å². The molecule has 20 heavy (non-hydrogen) atoms. The minimum Gasteiger partial charge on any atom is -0.323 e. The van der Waals surface area contributed by atoms with Crippen molar-refractivity contribution in [2.24, 2.45) is 0 Å². The Bertz CT molecular complexity index is 579. The van der Waals surface area contributed by atoms with Crippen LogP contribution in [0.5, 0.6) is 0 Å². The van der Waals surface area contributed by atoms with E-state index in [-0.39, 0.29) is 6.03 Å². The Balaban J connectivity index is 1.79. The molecule has 1 aromatic heterocycles. The first kappa shape index (κ1) is 13.1. The number of amides is 2. The summed E-state index contributed by atoms with van der Waals surface area (Å²) < 4.78 is 1.75. The zero-order chi connectivity index (χ0) is 13.8. The predicted octanol–water partition coefficient (Wildman–Crippen LogP) is 2.45. The predicted molar refractivity (Wildman–Crippen MR) is 81.5 cm³/mol. The number of aromatic nitrogens is 2. The van der Waals surface area contributed by atoms with Crippen molar-refractivity contribution in [3.63, 3.8) is 0 Å². The van der Waals surface area contributed by atoms with Crippen molar-refractivity contribution >= 4 is 23.5 Å². The van der Waals surface area contributed by atoms with Gasteiger partial charge in [-0.2, -0.15) is 16.9 Å². The first-order chi connectivity index (χ1) is 9.84. The maximum atomic E-state index is 12.3. The number of para-hydroxylation sites is 2. The van der Waals surface area contributed by atoms with E-state index >= 15 is 0 Å². The van der Waals surface area contributed by atoms with Crippen molar-refractivity contribution in [2.75, 3.05) is 29.9 Å². The van der Waals surface area contributed by atoms with Crippen LogP contribution in [0.4, 0.5) is 10.5 Å². The molecule has 1 saturated heterocycles. The van der Waals surface area contributed by atoms with E-state index in [1.165, 1.54) is 0 Å². The number of nitrogens with zero attached hydrogens (tertiary/aromatic N) is 3. The zero-order valence-corrected chi connectivity index (χ0v) is 11.8. The molecule has 3 rings (SSSR count). The van der Waals surface area contributed by atoms with Gasteiger partial charge in [0.1, 0.15) is 0 Å². The molecule has 1 aliphatic heterocycles. The average Bonchev–Trinajstić information content (AvgIpc) is 3.03. The van der Waals surface area contributed by atoms with Crippen molar-refractivity contribution in [3.8, 4) is 5.69 Å². The van der Waals surface area contributed by atoms with E-state index in [1.807, 2.05) is 53.2 Å². The van der Waals surface area contributed by atoms with Gasteiger partial charge in [-0.1, -0.05) is 12.1 Å². The van der Waals surface area contributed by atoms with Crippen LogP contribution in [0.2, 0.25) is 0 Å². The second-order valence-electron chi connectivity index (χ2n) is 4.50. The fraction of sp³-hybridized carbons (Fsp3) is 0.286. The van der Waals surface area contributed by atoms with Gasteiger partial charge in [-0.15, -0.1) is 0 Å². The van der Waals surface area contributed by atoms with E-state index in [2.05, 4.69) is 10.4 Å². The first-order valence-electron chi connectivity index (χ1n) is 6.57. The Kier molecular flexibility index (Phi) is 3.92. The highest BCUT2D eigenvalue weighted by Gasteiger charge is 2.17. The summed E-state index contributed by atoms with van der Waals surface area (Å²) in [7, 11) is 0. The van der Waals surface area contributed by atoms with Gasteiger partial charge in [-0.05, 0) is 18.2 Å². The third kappa shape index (κ3) is 2.80. The molecule has 6 heteroatoms. The summed E-state index contributed by atoms with van der Waals surface area (Å²) in [6.07, 6.45) is 3.59. The van der Waals surface area contributed by atoms with Crippen LogP contribution < -0.4 is 5.32 Å². The average molecular weight is 288 g/mol. The van der Waals surface area contributed by atoms with Gasteiger partial charge in [0, 0.05) is 37.0 Å². The summed E-state index contributed by atoms with van der Waals surface area (Å²) in [5, 5.41) is 7.20. The number of benzene rings is 1. The Morgan fingerprint density at radius 1 is 1.20 bits per heavy atom. The summed E-state index contributed by atoms with van der Waals surface area (Å²) in [5.41, 5.74) is 1.65. The second kappa shape index (κ2) is 6.00. The quantitative estimate of drug-likeness (QED) is 0.923. The molecule has 2 heterocycles. The van der Waals surface area contributed by atoms with Gasteiger partial charge in [0.05, 0.1) is 11.4 Å². The highest BCUT2D eigenvalue weighted by Crippen LogP contribution is 2.20. The normalized spacial score (nSPS) is 15.1. The van der Waals surface area contributed by atoms with Gasteiger partial charge >= 0.3 is 6.03 Å². The van der Waals surface area contributed by atoms with Gasteiger partial charge in [0.25, 0.3) is 0 Å². The lowest BCUT2D eigenvalue weighted by Gasteiger charge is -2.26. The Morgan fingerprint density at radius 3 is 2.75 bits per heavy atom. The van der Waals surface area contributed by atoms with Crippen molar-refractivity contribution < 1.29 is 4.79 Å². The van der Waals surface area contributed by atoms with Crippen molar-refractivity contribution in [3.05, 3.63) is 42.7 Å². The van der Waals surface area contributed by atoms with E-state index in [0.29, 0.717) is 0 Å². The summed E-state index contributed by atoms with van der Waals surface area (Å²) in [5.74, 6) is 2.02. The lowest BCUT2D eigenvalue weighted by molar-refractivity contribution is 0.217. The molecule has 0 radical (unpaired) electrons. The monoisotopic (exact) mass is 288 g/mol. The Morgan fingerprint density at radius 2 is 2.00 bits per heavy atom. The SMILES string of the molecule is O=C(Nc1ccccc1-n1cccn1)N1CCSCC1. The van der Waals surface area contributed by atoms with Gasteiger partial charge in [0.15, 0.2) is 0 Å². The number of anilines is 1. The summed E-state index contributed by atoms with van der Waals surface area (Å²) >= 11 is 1.89. The van der Waals surface area contributed by atoms with Crippen LogP contribution >= 0.6 is 11.8 Å². The first-order valence-corrected chi connectivity index (χ1v) is 7.73. The maximum absolute atomic E-state index is 12.3. The summed E-state index contributed by atoms with van der Waals surface area (Å²) in [4.78, 5) is 14.1. The molecule has 0 spiro atoms. The number of rotatable bonds is 2. The van der Waals surface area contributed by atoms with Crippen LogP contribution in [0.1, 0.15) is 0 Å². The number of hydrogen-bond donors (Lipinski definition) is 1. The molecule has 0 bridgehead atoms. The highest BCUT2D eigenvalue weighted by molar-refractivity contribution is 7.99. The molecular formula is C14H16N4OS. The van der Waals surface area contributed by atoms with Crippen LogP contribution in [0, 0.1) is 0 Å². The molecule has 1 N–H and O–H groups in total. The largest absolute Gasteiger partial charge is 0.323 e. The molecule has 1 aliphatic rings. The van der Waals surface area contributed by atoms with E-state index in [0.717, 1.165) is 36.0 Å². The molecule has 5 nitrogen and oxygen atoms in total. The fourth-order valence-corrected chi connectivity index (χ4v) is 3.05. The number of urea groups is 1. The zero-order valence-electron chi connectivity index (χ0n) is 11.0. The van der Waals surface area contributed by atoms with Crippen LogP contribution in [-0.2, 0) is 0 Å². The molecule has 0 aliphatic carbocycles. The van der Waals surface area contributed by atoms with E-state index in [1.54, 1.807) is 10.9 Å². The van der Waals surface area contributed by atoms with Crippen LogP contribution in [0.3, 0.4) is 0 Å². The van der Waals surface area contributed by atoms with Gasteiger partial charge in [-0.25, -0.2) is 9.48 Å². The number of nitrogens with one attached hydrogen (secondary N) is 1.